The molecule has 1 amide bonds. The van der Waals surface area contributed by atoms with E-state index in [4.69, 9.17) is 0 Å². The molecule has 2 aliphatic rings. The van der Waals surface area contributed by atoms with E-state index >= 15 is 0 Å². The van der Waals surface area contributed by atoms with Crippen LogP contribution in [0.3, 0.4) is 0 Å². The van der Waals surface area contributed by atoms with Gasteiger partial charge in [0.05, 0.1) is 0 Å². The molecular formula is C21H43IN6O. The number of carbonyl (C=O) groups excluding carboxylic acids is 1. The molecule has 1 aliphatic heterocycles. The van der Waals surface area contributed by atoms with Gasteiger partial charge in [0, 0.05) is 45.2 Å². The lowest BCUT2D eigenvalue weighted by molar-refractivity contribution is -0.127. The molecule has 170 valence electrons. The molecule has 1 atom stereocenters. The number of halogens is 1. The molecule has 2 fully saturated rings. The number of aliphatic imine (C=N–C) groups is 1. The van der Waals surface area contributed by atoms with Gasteiger partial charge in [-0.05, 0) is 52.9 Å². The standard InChI is InChI=1S/C21H42N6O.HI/c1-6-27-13-9-10-18(27)14-22-20(23-15-19(28)26(4)5)24-16-21(17-25(2)3)11-7-8-12-21;/h18H,6-17H2,1-5H3,(H2,22,23,24);1H. The predicted molar refractivity (Wildman–Crippen MR) is 132 cm³/mol. The second-order valence-electron chi connectivity index (χ2n) is 9.06. The van der Waals surface area contributed by atoms with Crippen molar-refractivity contribution in [1.82, 2.24) is 25.3 Å². The third-order valence-corrected chi connectivity index (χ3v) is 6.23. The summed E-state index contributed by atoms with van der Waals surface area (Å²) >= 11 is 0. The van der Waals surface area contributed by atoms with Crippen molar-refractivity contribution in [2.75, 3.05) is 67.5 Å². The van der Waals surface area contributed by atoms with Gasteiger partial charge in [-0.15, -0.1) is 24.0 Å². The fourth-order valence-corrected chi connectivity index (χ4v) is 4.68. The third-order valence-electron chi connectivity index (χ3n) is 6.23. The maximum Gasteiger partial charge on any atom is 0.243 e. The fraction of sp³-hybridized carbons (Fsp3) is 0.905. The minimum Gasteiger partial charge on any atom is -0.356 e. The topological polar surface area (TPSA) is 63.2 Å². The predicted octanol–water partition coefficient (Wildman–Crippen LogP) is 1.83. The zero-order chi connectivity index (χ0) is 20.6. The highest BCUT2D eigenvalue weighted by atomic mass is 127. The molecule has 0 bridgehead atoms. The monoisotopic (exact) mass is 522 g/mol. The summed E-state index contributed by atoms with van der Waals surface area (Å²) in [5, 5.41) is 7.11. The van der Waals surface area contributed by atoms with Gasteiger partial charge in [0.2, 0.25) is 5.91 Å². The Labute approximate surface area is 195 Å². The zero-order valence-electron chi connectivity index (χ0n) is 19.2. The molecule has 0 spiro atoms. The van der Waals surface area contributed by atoms with Crippen molar-refractivity contribution in [3.8, 4) is 0 Å². The van der Waals surface area contributed by atoms with Gasteiger partial charge in [-0.3, -0.25) is 9.69 Å². The maximum absolute atomic E-state index is 12.0. The number of guanidine groups is 1. The van der Waals surface area contributed by atoms with Crippen LogP contribution in [-0.4, -0.2) is 100 Å². The van der Waals surface area contributed by atoms with Crippen LogP contribution in [0.15, 0.2) is 4.99 Å². The van der Waals surface area contributed by atoms with E-state index in [9.17, 15) is 4.79 Å². The van der Waals surface area contributed by atoms with Crippen molar-refractivity contribution < 1.29 is 4.79 Å². The van der Waals surface area contributed by atoms with Crippen LogP contribution in [0.4, 0.5) is 0 Å². The molecule has 1 saturated carbocycles. The zero-order valence-corrected chi connectivity index (χ0v) is 21.5. The van der Waals surface area contributed by atoms with Crippen LogP contribution in [0.1, 0.15) is 45.4 Å². The molecule has 2 N–H and O–H groups in total. The number of rotatable bonds is 9. The number of nitrogens with one attached hydrogen (secondary N) is 2. The Kier molecular flexibility index (Phi) is 11.8. The minimum atomic E-state index is 0. The van der Waals surface area contributed by atoms with Crippen LogP contribution in [-0.2, 0) is 4.79 Å². The lowest BCUT2D eigenvalue weighted by Crippen LogP contribution is -2.49. The Bertz CT molecular complexity index is 519. The summed E-state index contributed by atoms with van der Waals surface area (Å²) in [6.07, 6.45) is 7.63. The van der Waals surface area contributed by atoms with Crippen LogP contribution in [0.25, 0.3) is 0 Å². The number of hydrogen-bond donors (Lipinski definition) is 2. The molecule has 8 heteroatoms. The van der Waals surface area contributed by atoms with Crippen LogP contribution >= 0.6 is 24.0 Å². The molecule has 1 aliphatic carbocycles. The van der Waals surface area contributed by atoms with E-state index in [2.05, 4.69) is 46.4 Å². The van der Waals surface area contributed by atoms with E-state index in [-0.39, 0.29) is 36.4 Å². The fourth-order valence-electron chi connectivity index (χ4n) is 4.68. The lowest BCUT2D eigenvalue weighted by Gasteiger charge is -2.33. The highest BCUT2D eigenvalue weighted by Crippen LogP contribution is 2.37. The molecule has 0 aromatic rings. The Hall–Kier alpha value is -0.610. The molecular weight excluding hydrogens is 479 g/mol. The van der Waals surface area contributed by atoms with E-state index < -0.39 is 0 Å². The van der Waals surface area contributed by atoms with Crippen LogP contribution < -0.4 is 10.6 Å². The first-order chi connectivity index (χ1) is 13.3. The minimum absolute atomic E-state index is 0. The summed E-state index contributed by atoms with van der Waals surface area (Å²) in [4.78, 5) is 23.0. The van der Waals surface area contributed by atoms with Crippen LogP contribution in [0, 0.1) is 5.41 Å². The van der Waals surface area contributed by atoms with Gasteiger partial charge in [0.15, 0.2) is 5.96 Å². The first kappa shape index (κ1) is 26.4. The Balaban J connectivity index is 0.00000420. The average Bonchev–Trinajstić information content (AvgIpc) is 3.29. The Morgan fingerprint density at radius 2 is 1.83 bits per heavy atom. The normalized spacial score (nSPS) is 21.9. The highest BCUT2D eigenvalue weighted by molar-refractivity contribution is 14.0. The van der Waals surface area contributed by atoms with E-state index in [0.717, 1.165) is 32.1 Å². The van der Waals surface area contributed by atoms with Gasteiger partial charge in [-0.25, -0.2) is 4.99 Å². The van der Waals surface area contributed by atoms with Gasteiger partial charge in [-0.2, -0.15) is 0 Å². The lowest BCUT2D eigenvalue weighted by atomic mass is 9.85. The van der Waals surface area contributed by atoms with Crippen LogP contribution in [0.2, 0.25) is 0 Å². The molecule has 7 nitrogen and oxygen atoms in total. The van der Waals surface area contributed by atoms with E-state index in [1.54, 1.807) is 19.0 Å². The van der Waals surface area contributed by atoms with Crippen molar-refractivity contribution in [3.05, 3.63) is 0 Å². The summed E-state index contributed by atoms with van der Waals surface area (Å²) in [7, 11) is 7.87. The van der Waals surface area contributed by atoms with Crippen molar-refractivity contribution in [2.45, 2.75) is 51.5 Å². The molecule has 2 rings (SSSR count). The van der Waals surface area contributed by atoms with Gasteiger partial charge in [-0.1, -0.05) is 19.8 Å². The van der Waals surface area contributed by atoms with Crippen molar-refractivity contribution >= 4 is 35.8 Å². The van der Waals surface area contributed by atoms with E-state index in [1.165, 1.54) is 45.1 Å². The SMILES string of the molecule is CCN1CCCC1CNC(=NCC(=O)N(C)C)NCC1(CN(C)C)CCCC1.I. The molecule has 0 aromatic carbocycles. The van der Waals surface area contributed by atoms with E-state index in [1.807, 2.05) is 0 Å². The number of amides is 1. The molecule has 1 unspecified atom stereocenters. The molecule has 1 saturated heterocycles. The average molecular weight is 523 g/mol. The third kappa shape index (κ3) is 8.57. The van der Waals surface area contributed by atoms with Crippen molar-refractivity contribution in [2.24, 2.45) is 10.4 Å². The Morgan fingerprint density at radius 3 is 2.41 bits per heavy atom. The van der Waals surface area contributed by atoms with Gasteiger partial charge in [0.1, 0.15) is 6.54 Å². The quantitative estimate of drug-likeness (QED) is 0.275. The summed E-state index contributed by atoms with van der Waals surface area (Å²) in [6.45, 7) is 7.59. The van der Waals surface area contributed by atoms with Gasteiger partial charge >= 0.3 is 0 Å². The summed E-state index contributed by atoms with van der Waals surface area (Å²) in [5.41, 5.74) is 0.306. The molecule has 1 heterocycles. The van der Waals surface area contributed by atoms with E-state index in [0.29, 0.717) is 11.5 Å². The number of likely N-dealkylation sites (N-methyl/N-ethyl adjacent to an activating group) is 2. The number of likely N-dealkylation sites (tertiary alicyclic amines) is 1. The largest absolute Gasteiger partial charge is 0.356 e. The first-order valence-electron chi connectivity index (χ1n) is 11.0. The highest BCUT2D eigenvalue weighted by Gasteiger charge is 2.34. The molecule has 29 heavy (non-hydrogen) atoms. The summed E-state index contributed by atoms with van der Waals surface area (Å²) in [6, 6.07) is 0.559. The van der Waals surface area contributed by atoms with Crippen LogP contribution in [0.5, 0.6) is 0 Å². The summed E-state index contributed by atoms with van der Waals surface area (Å²) in [5.74, 6) is 0.809. The molecule has 0 aromatic heterocycles. The number of hydrogen-bond acceptors (Lipinski definition) is 4. The Morgan fingerprint density at radius 1 is 1.14 bits per heavy atom. The second kappa shape index (κ2) is 12.9. The number of carbonyl (C=O) groups is 1. The number of nitrogens with zero attached hydrogens (tertiary/aromatic N) is 4. The second-order valence-corrected chi connectivity index (χ2v) is 9.06. The van der Waals surface area contributed by atoms with Gasteiger partial charge in [0.25, 0.3) is 0 Å². The van der Waals surface area contributed by atoms with Crippen molar-refractivity contribution in [3.63, 3.8) is 0 Å². The maximum atomic E-state index is 12.0. The summed E-state index contributed by atoms with van der Waals surface area (Å²) < 4.78 is 0. The smallest absolute Gasteiger partial charge is 0.243 e. The molecule has 0 radical (unpaired) electrons. The first-order valence-corrected chi connectivity index (χ1v) is 11.0. The van der Waals surface area contributed by atoms with Gasteiger partial charge < -0.3 is 20.4 Å². The van der Waals surface area contributed by atoms with Crippen molar-refractivity contribution in [1.29, 1.82) is 0 Å².